The van der Waals surface area contributed by atoms with E-state index in [9.17, 15) is 4.79 Å². The molecular formula is C11H10ClN3OS. The van der Waals surface area contributed by atoms with Gasteiger partial charge < -0.3 is 11.1 Å². The Hall–Kier alpha value is -1.59. The maximum absolute atomic E-state index is 11.9. The SMILES string of the molecule is Cc1sc(C(=O)Nc2ccnc(Cl)c2)cc1N. The van der Waals surface area contributed by atoms with Gasteiger partial charge in [0, 0.05) is 22.4 Å². The first-order chi connectivity index (χ1) is 8.06. The largest absolute Gasteiger partial charge is 0.398 e. The summed E-state index contributed by atoms with van der Waals surface area (Å²) in [7, 11) is 0. The fraction of sp³-hybridized carbons (Fsp3) is 0.0909. The summed E-state index contributed by atoms with van der Waals surface area (Å²) >= 11 is 7.08. The zero-order valence-electron chi connectivity index (χ0n) is 9.03. The third kappa shape index (κ3) is 2.75. The van der Waals surface area contributed by atoms with E-state index in [1.807, 2.05) is 6.92 Å². The molecule has 0 saturated carbocycles. The van der Waals surface area contributed by atoms with Crippen molar-refractivity contribution in [3.63, 3.8) is 0 Å². The van der Waals surface area contributed by atoms with Crippen LogP contribution in [0.15, 0.2) is 24.4 Å². The first kappa shape index (κ1) is 11.9. The molecule has 0 saturated heterocycles. The lowest BCUT2D eigenvalue weighted by Gasteiger charge is -2.02. The molecule has 0 aliphatic rings. The molecule has 4 nitrogen and oxygen atoms in total. The molecule has 2 rings (SSSR count). The molecule has 88 valence electrons. The van der Waals surface area contributed by atoms with Crippen LogP contribution in [0.25, 0.3) is 0 Å². The zero-order valence-corrected chi connectivity index (χ0v) is 10.6. The van der Waals surface area contributed by atoms with E-state index in [-0.39, 0.29) is 5.91 Å². The fourth-order valence-corrected chi connectivity index (χ4v) is 2.29. The lowest BCUT2D eigenvalue weighted by atomic mass is 10.3. The third-order valence-electron chi connectivity index (χ3n) is 2.16. The maximum Gasteiger partial charge on any atom is 0.265 e. The number of rotatable bonds is 2. The minimum Gasteiger partial charge on any atom is -0.398 e. The number of hydrogen-bond acceptors (Lipinski definition) is 4. The van der Waals surface area contributed by atoms with Gasteiger partial charge in [-0.05, 0) is 25.1 Å². The molecule has 2 heterocycles. The van der Waals surface area contributed by atoms with Gasteiger partial charge in [0.25, 0.3) is 5.91 Å². The van der Waals surface area contributed by atoms with E-state index >= 15 is 0 Å². The molecule has 0 bridgehead atoms. The smallest absolute Gasteiger partial charge is 0.265 e. The van der Waals surface area contributed by atoms with E-state index in [0.29, 0.717) is 21.4 Å². The Morgan fingerprint density at radius 2 is 2.29 bits per heavy atom. The van der Waals surface area contributed by atoms with Crippen LogP contribution in [0.1, 0.15) is 14.5 Å². The highest BCUT2D eigenvalue weighted by Gasteiger charge is 2.11. The number of pyridine rings is 1. The molecule has 0 spiro atoms. The molecule has 0 radical (unpaired) electrons. The van der Waals surface area contributed by atoms with Gasteiger partial charge in [0.1, 0.15) is 5.15 Å². The number of anilines is 2. The summed E-state index contributed by atoms with van der Waals surface area (Å²) in [6, 6.07) is 4.93. The number of nitrogen functional groups attached to an aromatic ring is 1. The van der Waals surface area contributed by atoms with Crippen LogP contribution >= 0.6 is 22.9 Å². The number of halogens is 1. The second-order valence-electron chi connectivity index (χ2n) is 3.44. The molecule has 2 aromatic heterocycles. The Kier molecular flexibility index (Phi) is 3.31. The highest BCUT2D eigenvalue weighted by Crippen LogP contribution is 2.24. The van der Waals surface area contributed by atoms with Gasteiger partial charge in [0.05, 0.1) is 4.88 Å². The number of thiophene rings is 1. The van der Waals surface area contributed by atoms with Crippen LogP contribution < -0.4 is 11.1 Å². The Morgan fingerprint density at radius 1 is 1.53 bits per heavy atom. The van der Waals surface area contributed by atoms with Crippen LogP contribution in [0.4, 0.5) is 11.4 Å². The van der Waals surface area contributed by atoms with Gasteiger partial charge in [-0.2, -0.15) is 0 Å². The van der Waals surface area contributed by atoms with Crippen molar-refractivity contribution in [3.05, 3.63) is 39.3 Å². The van der Waals surface area contributed by atoms with Crippen molar-refractivity contribution in [3.8, 4) is 0 Å². The molecule has 3 N–H and O–H groups in total. The van der Waals surface area contributed by atoms with Crippen molar-refractivity contribution in [1.82, 2.24) is 4.98 Å². The van der Waals surface area contributed by atoms with E-state index in [4.69, 9.17) is 17.3 Å². The summed E-state index contributed by atoms with van der Waals surface area (Å²) in [5, 5.41) is 3.07. The van der Waals surface area contributed by atoms with Gasteiger partial charge in [-0.25, -0.2) is 4.98 Å². The number of carbonyl (C=O) groups is 1. The molecule has 0 aliphatic carbocycles. The molecule has 0 fully saturated rings. The molecule has 2 aromatic rings. The summed E-state index contributed by atoms with van der Waals surface area (Å²) in [4.78, 5) is 17.2. The average Bonchev–Trinajstić information content (AvgIpc) is 2.59. The molecule has 6 heteroatoms. The molecule has 0 atom stereocenters. The quantitative estimate of drug-likeness (QED) is 0.822. The van der Waals surface area contributed by atoms with Crippen molar-refractivity contribution < 1.29 is 4.79 Å². The highest BCUT2D eigenvalue weighted by molar-refractivity contribution is 7.14. The van der Waals surface area contributed by atoms with Gasteiger partial charge in [-0.3, -0.25) is 4.79 Å². The predicted molar refractivity (Wildman–Crippen MR) is 70.7 cm³/mol. The number of aromatic nitrogens is 1. The normalized spacial score (nSPS) is 10.2. The Balaban J connectivity index is 2.17. The topological polar surface area (TPSA) is 68.0 Å². The van der Waals surface area contributed by atoms with Crippen molar-refractivity contribution >= 4 is 40.2 Å². The highest BCUT2D eigenvalue weighted by atomic mass is 35.5. The average molecular weight is 268 g/mol. The number of hydrogen-bond donors (Lipinski definition) is 2. The van der Waals surface area contributed by atoms with Crippen molar-refractivity contribution in [1.29, 1.82) is 0 Å². The van der Waals surface area contributed by atoms with E-state index in [1.165, 1.54) is 17.5 Å². The van der Waals surface area contributed by atoms with Crippen LogP contribution in [-0.2, 0) is 0 Å². The number of amides is 1. The van der Waals surface area contributed by atoms with Crippen LogP contribution in [0.3, 0.4) is 0 Å². The minimum absolute atomic E-state index is 0.197. The van der Waals surface area contributed by atoms with Crippen LogP contribution in [0, 0.1) is 6.92 Å². The summed E-state index contributed by atoms with van der Waals surface area (Å²) in [6.07, 6.45) is 1.53. The monoisotopic (exact) mass is 267 g/mol. The van der Waals surface area contributed by atoms with Crippen LogP contribution in [0.2, 0.25) is 5.15 Å². The number of nitrogens with zero attached hydrogens (tertiary/aromatic N) is 1. The number of aryl methyl sites for hydroxylation is 1. The third-order valence-corrected chi connectivity index (χ3v) is 3.44. The molecule has 1 amide bonds. The number of nitrogens with two attached hydrogens (primary N) is 1. The van der Waals surface area contributed by atoms with Gasteiger partial charge >= 0.3 is 0 Å². The summed E-state index contributed by atoms with van der Waals surface area (Å²) in [6.45, 7) is 1.88. The van der Waals surface area contributed by atoms with Crippen molar-refractivity contribution in [2.24, 2.45) is 0 Å². The zero-order chi connectivity index (χ0) is 12.4. The lowest BCUT2D eigenvalue weighted by molar-refractivity contribution is 0.103. The number of carbonyl (C=O) groups excluding carboxylic acids is 1. The summed E-state index contributed by atoms with van der Waals surface area (Å²) in [5.41, 5.74) is 6.94. The second kappa shape index (κ2) is 4.73. The summed E-state index contributed by atoms with van der Waals surface area (Å²) < 4.78 is 0. The van der Waals surface area contributed by atoms with Gasteiger partial charge in [0.2, 0.25) is 0 Å². The molecule has 0 aliphatic heterocycles. The first-order valence-corrected chi connectivity index (χ1v) is 6.04. The molecule has 0 unspecified atom stereocenters. The lowest BCUT2D eigenvalue weighted by Crippen LogP contribution is -2.10. The van der Waals surface area contributed by atoms with E-state index in [1.54, 1.807) is 18.2 Å². The van der Waals surface area contributed by atoms with Gasteiger partial charge in [-0.1, -0.05) is 11.6 Å². The first-order valence-electron chi connectivity index (χ1n) is 4.85. The Labute approximate surface area is 107 Å². The van der Waals surface area contributed by atoms with Crippen molar-refractivity contribution in [2.45, 2.75) is 6.92 Å². The van der Waals surface area contributed by atoms with E-state index < -0.39 is 0 Å². The minimum atomic E-state index is -0.197. The van der Waals surface area contributed by atoms with E-state index in [0.717, 1.165) is 4.88 Å². The predicted octanol–water partition coefficient (Wildman–Crippen LogP) is 2.94. The van der Waals surface area contributed by atoms with Gasteiger partial charge in [0.15, 0.2) is 0 Å². The van der Waals surface area contributed by atoms with Gasteiger partial charge in [-0.15, -0.1) is 11.3 Å². The fourth-order valence-electron chi connectivity index (χ4n) is 1.28. The van der Waals surface area contributed by atoms with E-state index in [2.05, 4.69) is 10.3 Å². The second-order valence-corrected chi connectivity index (χ2v) is 5.09. The van der Waals surface area contributed by atoms with Crippen molar-refractivity contribution in [2.75, 3.05) is 11.1 Å². The molecular weight excluding hydrogens is 258 g/mol. The maximum atomic E-state index is 11.9. The Morgan fingerprint density at radius 3 is 2.88 bits per heavy atom. The number of nitrogens with one attached hydrogen (secondary N) is 1. The molecule has 0 aromatic carbocycles. The molecule has 17 heavy (non-hydrogen) atoms. The summed E-state index contributed by atoms with van der Waals surface area (Å²) in [5.74, 6) is -0.197. The Bertz CT molecular complexity index is 548. The van der Waals surface area contributed by atoms with Crippen LogP contribution in [-0.4, -0.2) is 10.9 Å². The standard InChI is InChI=1S/C11H10ClN3OS/c1-6-8(13)5-9(17-6)11(16)15-7-2-3-14-10(12)4-7/h2-5H,13H2,1H3,(H,14,15,16). The van der Waals surface area contributed by atoms with Crippen LogP contribution in [0.5, 0.6) is 0 Å².